The molecule has 1 aromatic heterocycles. The molecule has 0 unspecified atom stereocenters. The molecule has 0 bridgehead atoms. The van der Waals surface area contributed by atoms with Crippen molar-refractivity contribution in [2.24, 2.45) is 0 Å². The van der Waals surface area contributed by atoms with Gasteiger partial charge in [-0.3, -0.25) is 0 Å². The molecule has 4 nitrogen and oxygen atoms in total. The van der Waals surface area contributed by atoms with E-state index in [0.29, 0.717) is 16.5 Å². The standard InChI is InChI=1S/C9H5ClN4S/c10-8-9(14-15-13-8)12-7-3-1-6(5-11)2-4-7/h1-4H,(H,12,14). The van der Waals surface area contributed by atoms with Crippen molar-refractivity contribution in [1.82, 2.24) is 8.75 Å². The quantitative estimate of drug-likeness (QED) is 0.871. The summed E-state index contributed by atoms with van der Waals surface area (Å²) in [6, 6.07) is 9.05. The first-order chi connectivity index (χ1) is 7.29. The lowest BCUT2D eigenvalue weighted by atomic mass is 10.2. The van der Waals surface area contributed by atoms with E-state index in [2.05, 4.69) is 14.1 Å². The number of nitrogens with one attached hydrogen (secondary N) is 1. The Morgan fingerprint density at radius 1 is 1.27 bits per heavy atom. The van der Waals surface area contributed by atoms with Gasteiger partial charge in [0.25, 0.3) is 0 Å². The van der Waals surface area contributed by atoms with Gasteiger partial charge in [-0.25, -0.2) is 0 Å². The zero-order valence-corrected chi connectivity index (χ0v) is 9.01. The molecule has 0 radical (unpaired) electrons. The van der Waals surface area contributed by atoms with Crippen LogP contribution in [0.3, 0.4) is 0 Å². The third kappa shape index (κ3) is 2.24. The predicted octanol–water partition coefficient (Wildman–Crippen LogP) is 2.81. The molecule has 0 saturated heterocycles. The Morgan fingerprint density at radius 3 is 2.53 bits per heavy atom. The number of nitrogens with zero attached hydrogens (tertiary/aromatic N) is 3. The summed E-state index contributed by atoms with van der Waals surface area (Å²) in [5.74, 6) is 0.534. The van der Waals surface area contributed by atoms with E-state index in [0.717, 1.165) is 17.4 Å². The Balaban J connectivity index is 2.19. The van der Waals surface area contributed by atoms with Gasteiger partial charge in [-0.15, -0.1) is 0 Å². The van der Waals surface area contributed by atoms with E-state index in [-0.39, 0.29) is 0 Å². The van der Waals surface area contributed by atoms with Crippen molar-refractivity contribution in [2.75, 3.05) is 5.32 Å². The van der Waals surface area contributed by atoms with Gasteiger partial charge >= 0.3 is 0 Å². The molecule has 74 valence electrons. The molecule has 0 amide bonds. The summed E-state index contributed by atoms with van der Waals surface area (Å²) in [4.78, 5) is 0. The number of nitriles is 1. The van der Waals surface area contributed by atoms with Crippen molar-refractivity contribution in [1.29, 1.82) is 5.26 Å². The number of benzene rings is 1. The summed E-state index contributed by atoms with van der Waals surface area (Å²) in [5.41, 5.74) is 1.44. The number of hydrogen-bond donors (Lipinski definition) is 1. The van der Waals surface area contributed by atoms with Gasteiger partial charge in [0.15, 0.2) is 11.0 Å². The largest absolute Gasteiger partial charge is 0.337 e. The lowest BCUT2D eigenvalue weighted by Crippen LogP contribution is -1.90. The van der Waals surface area contributed by atoms with E-state index in [9.17, 15) is 0 Å². The van der Waals surface area contributed by atoms with E-state index >= 15 is 0 Å². The second-order valence-corrected chi connectivity index (χ2v) is 3.60. The maximum Gasteiger partial charge on any atom is 0.187 e. The van der Waals surface area contributed by atoms with E-state index < -0.39 is 0 Å². The van der Waals surface area contributed by atoms with Gasteiger partial charge in [-0.1, -0.05) is 11.6 Å². The maximum absolute atomic E-state index is 8.62. The average molecular weight is 237 g/mol. The van der Waals surface area contributed by atoms with Crippen LogP contribution in [0.5, 0.6) is 0 Å². The van der Waals surface area contributed by atoms with Crippen LogP contribution >= 0.6 is 23.3 Å². The van der Waals surface area contributed by atoms with Crippen LogP contribution in [0.4, 0.5) is 11.5 Å². The van der Waals surface area contributed by atoms with Gasteiger partial charge in [0.1, 0.15) is 0 Å². The molecule has 0 spiro atoms. The molecule has 0 aliphatic heterocycles. The first kappa shape index (κ1) is 9.90. The summed E-state index contributed by atoms with van der Waals surface area (Å²) >= 11 is 6.82. The van der Waals surface area contributed by atoms with Crippen molar-refractivity contribution >= 4 is 34.8 Å². The summed E-state index contributed by atoms with van der Waals surface area (Å²) < 4.78 is 7.80. The van der Waals surface area contributed by atoms with E-state index in [1.54, 1.807) is 24.3 Å². The topological polar surface area (TPSA) is 61.6 Å². The van der Waals surface area contributed by atoms with Crippen LogP contribution in [-0.2, 0) is 0 Å². The molecule has 1 N–H and O–H groups in total. The zero-order valence-electron chi connectivity index (χ0n) is 7.44. The summed E-state index contributed by atoms with van der Waals surface area (Å²) in [7, 11) is 0. The molecular weight excluding hydrogens is 232 g/mol. The second kappa shape index (κ2) is 4.26. The highest BCUT2D eigenvalue weighted by molar-refractivity contribution is 6.99. The average Bonchev–Trinajstić information content (AvgIpc) is 2.66. The Hall–Kier alpha value is -1.64. The summed E-state index contributed by atoms with van der Waals surface area (Å²) in [6.45, 7) is 0. The van der Waals surface area contributed by atoms with Gasteiger partial charge in [-0.2, -0.15) is 14.0 Å². The van der Waals surface area contributed by atoms with Crippen LogP contribution in [0.2, 0.25) is 5.15 Å². The number of aromatic nitrogens is 2. The molecule has 15 heavy (non-hydrogen) atoms. The van der Waals surface area contributed by atoms with E-state index in [1.165, 1.54) is 0 Å². The second-order valence-electron chi connectivity index (χ2n) is 2.72. The third-order valence-corrected chi connectivity index (χ3v) is 2.62. The monoisotopic (exact) mass is 236 g/mol. The van der Waals surface area contributed by atoms with Crippen LogP contribution in [-0.4, -0.2) is 8.75 Å². The fraction of sp³-hybridized carbons (Fsp3) is 0. The zero-order chi connectivity index (χ0) is 10.7. The highest BCUT2D eigenvalue weighted by Gasteiger charge is 2.04. The number of anilines is 2. The van der Waals surface area contributed by atoms with Crippen molar-refractivity contribution in [3.8, 4) is 6.07 Å². The Morgan fingerprint density at radius 2 is 2.00 bits per heavy atom. The van der Waals surface area contributed by atoms with Crippen molar-refractivity contribution in [3.63, 3.8) is 0 Å². The van der Waals surface area contributed by atoms with Gasteiger partial charge in [-0.05, 0) is 24.3 Å². The minimum absolute atomic E-state index is 0.351. The first-order valence-electron chi connectivity index (χ1n) is 4.05. The number of rotatable bonds is 2. The molecule has 1 aromatic carbocycles. The van der Waals surface area contributed by atoms with Crippen LogP contribution in [0.15, 0.2) is 24.3 Å². The van der Waals surface area contributed by atoms with Crippen LogP contribution in [0.1, 0.15) is 5.56 Å². The molecular formula is C9H5ClN4S. The number of halogens is 1. The molecule has 0 fully saturated rings. The molecule has 0 atom stereocenters. The molecule has 0 aliphatic carbocycles. The third-order valence-electron chi connectivity index (χ3n) is 1.73. The maximum atomic E-state index is 8.62. The normalized spacial score (nSPS) is 9.60. The van der Waals surface area contributed by atoms with Crippen LogP contribution in [0.25, 0.3) is 0 Å². The first-order valence-corrected chi connectivity index (χ1v) is 5.15. The van der Waals surface area contributed by atoms with Crippen molar-refractivity contribution in [2.45, 2.75) is 0 Å². The molecule has 1 heterocycles. The van der Waals surface area contributed by atoms with Gasteiger partial charge in [0.2, 0.25) is 0 Å². The highest BCUT2D eigenvalue weighted by atomic mass is 35.5. The van der Waals surface area contributed by atoms with E-state index in [4.69, 9.17) is 16.9 Å². The lowest BCUT2D eigenvalue weighted by molar-refractivity contribution is 1.43. The van der Waals surface area contributed by atoms with Gasteiger partial charge in [0, 0.05) is 5.69 Å². The smallest absolute Gasteiger partial charge is 0.187 e. The molecule has 2 aromatic rings. The lowest BCUT2D eigenvalue weighted by Gasteiger charge is -2.01. The fourth-order valence-electron chi connectivity index (χ4n) is 1.02. The Kier molecular flexibility index (Phi) is 2.81. The number of hydrogen-bond acceptors (Lipinski definition) is 5. The van der Waals surface area contributed by atoms with Crippen LogP contribution in [0, 0.1) is 11.3 Å². The summed E-state index contributed by atoms with van der Waals surface area (Å²) in [6.07, 6.45) is 0. The fourth-order valence-corrected chi connectivity index (χ4v) is 1.66. The van der Waals surface area contributed by atoms with Gasteiger partial charge in [0.05, 0.1) is 23.4 Å². The Labute approximate surface area is 95.5 Å². The molecule has 6 heteroatoms. The molecule has 2 rings (SSSR count). The molecule has 0 saturated carbocycles. The minimum atomic E-state index is 0.351. The van der Waals surface area contributed by atoms with Gasteiger partial charge < -0.3 is 5.32 Å². The summed E-state index contributed by atoms with van der Waals surface area (Å²) in [5, 5.41) is 12.0. The van der Waals surface area contributed by atoms with Crippen LogP contribution < -0.4 is 5.32 Å². The SMILES string of the molecule is N#Cc1ccc(Nc2nsnc2Cl)cc1. The molecule has 0 aliphatic rings. The van der Waals surface area contributed by atoms with Crippen molar-refractivity contribution in [3.05, 3.63) is 35.0 Å². The minimum Gasteiger partial charge on any atom is -0.337 e. The predicted molar refractivity (Wildman–Crippen MR) is 59.4 cm³/mol. The Bertz CT molecular complexity index is 500. The highest BCUT2D eigenvalue weighted by Crippen LogP contribution is 2.22. The van der Waals surface area contributed by atoms with Crippen molar-refractivity contribution < 1.29 is 0 Å². The van der Waals surface area contributed by atoms with E-state index in [1.807, 2.05) is 6.07 Å².